The summed E-state index contributed by atoms with van der Waals surface area (Å²) in [5, 5.41) is 6.13. The van der Waals surface area contributed by atoms with Crippen molar-refractivity contribution in [3.8, 4) is 11.5 Å². The number of nitrogens with one attached hydrogen (secondary N) is 2. The highest BCUT2D eigenvalue weighted by atomic mass is 127. The number of nitrogens with zero attached hydrogens (tertiary/aromatic N) is 1. The van der Waals surface area contributed by atoms with Crippen LogP contribution in [0.2, 0.25) is 5.02 Å². The average Bonchev–Trinajstić information content (AvgIpc) is 3.11. The zero-order valence-electron chi connectivity index (χ0n) is 14.8. The van der Waals surface area contributed by atoms with Gasteiger partial charge in [-0.25, -0.2) is 4.98 Å². The number of carbonyl (C=O) groups is 1. The Morgan fingerprint density at radius 3 is 2.69 bits per heavy atom. The van der Waals surface area contributed by atoms with Gasteiger partial charge in [-0.1, -0.05) is 29.8 Å². The Labute approximate surface area is 190 Å². The summed E-state index contributed by atoms with van der Waals surface area (Å²) >= 11 is 13.5. The number of anilines is 1. The van der Waals surface area contributed by atoms with Crippen LogP contribution in [0.3, 0.4) is 0 Å². The lowest BCUT2D eigenvalue weighted by atomic mass is 10.2. The topological polar surface area (TPSA) is 67.2 Å². The third kappa shape index (κ3) is 4.58. The van der Waals surface area contributed by atoms with E-state index in [1.54, 1.807) is 36.4 Å². The molecule has 1 amide bonds. The third-order valence-corrected chi connectivity index (χ3v) is 5.27. The Morgan fingerprint density at radius 1 is 1.07 bits per heavy atom. The number of hydrogen-bond donors (Lipinski definition) is 2. The lowest BCUT2D eigenvalue weighted by Crippen LogP contribution is -2.34. The zero-order valence-corrected chi connectivity index (χ0v) is 18.5. The second kappa shape index (κ2) is 8.48. The number of rotatable bonds is 3. The summed E-state index contributed by atoms with van der Waals surface area (Å²) in [6.45, 7) is 0. The Morgan fingerprint density at radius 2 is 1.90 bits per heavy atom. The maximum absolute atomic E-state index is 12.3. The van der Waals surface area contributed by atoms with Crippen molar-refractivity contribution in [3.05, 3.63) is 80.9 Å². The molecule has 3 aromatic carbocycles. The van der Waals surface area contributed by atoms with E-state index in [-0.39, 0.29) is 11.0 Å². The minimum Gasteiger partial charge on any atom is -0.436 e. The molecule has 0 radical (unpaired) electrons. The van der Waals surface area contributed by atoms with Gasteiger partial charge in [0.1, 0.15) is 5.52 Å². The summed E-state index contributed by atoms with van der Waals surface area (Å²) in [7, 11) is 0. The van der Waals surface area contributed by atoms with Gasteiger partial charge >= 0.3 is 0 Å². The molecule has 0 unspecified atom stereocenters. The van der Waals surface area contributed by atoms with Crippen LogP contribution in [0.4, 0.5) is 5.69 Å². The second-order valence-corrected chi connectivity index (χ2v) is 8.16. The second-order valence-electron chi connectivity index (χ2n) is 6.10. The minimum atomic E-state index is -0.378. The Balaban J connectivity index is 1.50. The van der Waals surface area contributed by atoms with E-state index in [1.807, 2.05) is 30.3 Å². The third-order valence-electron chi connectivity index (χ3n) is 4.06. The molecule has 0 saturated heterocycles. The highest BCUT2D eigenvalue weighted by molar-refractivity contribution is 14.1. The lowest BCUT2D eigenvalue weighted by molar-refractivity contribution is 0.0978. The van der Waals surface area contributed by atoms with Gasteiger partial charge in [-0.2, -0.15) is 0 Å². The van der Waals surface area contributed by atoms with Crippen LogP contribution in [-0.2, 0) is 0 Å². The van der Waals surface area contributed by atoms with Crippen molar-refractivity contribution in [1.29, 1.82) is 0 Å². The van der Waals surface area contributed by atoms with E-state index < -0.39 is 0 Å². The van der Waals surface area contributed by atoms with Crippen LogP contribution in [0.25, 0.3) is 22.6 Å². The van der Waals surface area contributed by atoms with Crippen molar-refractivity contribution in [3.63, 3.8) is 0 Å². The van der Waals surface area contributed by atoms with Gasteiger partial charge in [0.15, 0.2) is 10.7 Å². The Bertz CT molecular complexity index is 1240. The first kappa shape index (κ1) is 19.8. The first-order valence-electron chi connectivity index (χ1n) is 8.53. The number of amides is 1. The van der Waals surface area contributed by atoms with E-state index in [9.17, 15) is 4.79 Å². The smallest absolute Gasteiger partial charge is 0.258 e. The molecular formula is C21H13ClIN3O2S. The quantitative estimate of drug-likeness (QED) is 0.254. The van der Waals surface area contributed by atoms with Gasteiger partial charge in [0.05, 0.1) is 10.6 Å². The molecule has 144 valence electrons. The van der Waals surface area contributed by atoms with Gasteiger partial charge in [0, 0.05) is 14.8 Å². The van der Waals surface area contributed by atoms with Crippen molar-refractivity contribution in [2.45, 2.75) is 0 Å². The molecule has 0 aliphatic rings. The molecule has 8 heteroatoms. The molecule has 5 nitrogen and oxygen atoms in total. The van der Waals surface area contributed by atoms with Crippen molar-refractivity contribution in [2.75, 3.05) is 5.32 Å². The molecule has 0 bridgehead atoms. The number of thiocarbonyl (C=S) groups is 1. The van der Waals surface area contributed by atoms with Crippen molar-refractivity contribution < 1.29 is 9.21 Å². The summed E-state index contributed by atoms with van der Waals surface area (Å²) in [6.07, 6.45) is 0. The highest BCUT2D eigenvalue weighted by Crippen LogP contribution is 2.27. The van der Waals surface area contributed by atoms with Gasteiger partial charge in [-0.15, -0.1) is 0 Å². The van der Waals surface area contributed by atoms with E-state index in [1.165, 1.54) is 0 Å². The van der Waals surface area contributed by atoms with E-state index >= 15 is 0 Å². The zero-order chi connectivity index (χ0) is 20.4. The molecule has 29 heavy (non-hydrogen) atoms. The fourth-order valence-electron chi connectivity index (χ4n) is 2.73. The molecule has 0 atom stereocenters. The number of oxazole rings is 1. The predicted molar refractivity (Wildman–Crippen MR) is 127 cm³/mol. The molecule has 2 N–H and O–H groups in total. The maximum atomic E-state index is 12.3. The van der Waals surface area contributed by atoms with E-state index in [4.69, 9.17) is 28.2 Å². The minimum absolute atomic E-state index is 0.163. The molecule has 0 fully saturated rings. The lowest BCUT2D eigenvalue weighted by Gasteiger charge is -2.10. The average molecular weight is 534 g/mol. The first-order valence-corrected chi connectivity index (χ1v) is 10.4. The number of hydrogen-bond acceptors (Lipinski definition) is 4. The van der Waals surface area contributed by atoms with Gasteiger partial charge in [0.2, 0.25) is 5.89 Å². The van der Waals surface area contributed by atoms with Crippen LogP contribution in [0.1, 0.15) is 10.4 Å². The number of carbonyl (C=O) groups excluding carboxylic acids is 1. The number of halogens is 2. The van der Waals surface area contributed by atoms with Crippen molar-refractivity contribution >= 4 is 74.2 Å². The van der Waals surface area contributed by atoms with Crippen LogP contribution in [0.15, 0.2) is 71.1 Å². The first-order chi connectivity index (χ1) is 14.0. The Hall–Kier alpha value is -2.49. The van der Waals surface area contributed by atoms with Crippen molar-refractivity contribution in [1.82, 2.24) is 10.3 Å². The number of fused-ring (bicyclic) bond motifs is 1. The molecule has 1 aromatic heterocycles. The summed E-state index contributed by atoms with van der Waals surface area (Å²) in [4.78, 5) is 16.9. The van der Waals surface area contributed by atoms with Gasteiger partial charge in [0.25, 0.3) is 5.91 Å². The van der Waals surface area contributed by atoms with E-state index in [0.717, 1.165) is 9.13 Å². The van der Waals surface area contributed by atoms with Gasteiger partial charge < -0.3 is 9.73 Å². The molecule has 0 spiro atoms. The summed E-state index contributed by atoms with van der Waals surface area (Å²) < 4.78 is 6.95. The SMILES string of the molecule is O=C(NC(=S)Nc1ccc2oc(-c3cccc(I)c3)nc2c1)c1ccccc1Cl. The highest BCUT2D eigenvalue weighted by Gasteiger charge is 2.13. The summed E-state index contributed by atoms with van der Waals surface area (Å²) in [6, 6.07) is 20.1. The molecular weight excluding hydrogens is 521 g/mol. The normalized spacial score (nSPS) is 10.7. The number of aromatic nitrogens is 1. The standard InChI is InChI=1S/C21H13ClIN3O2S/c22-16-7-2-1-6-15(16)19(27)26-21(29)24-14-8-9-18-17(11-14)25-20(28-18)12-4-3-5-13(23)10-12/h1-11H,(H2,24,26,27,29). The maximum Gasteiger partial charge on any atom is 0.258 e. The van der Waals surface area contributed by atoms with Crippen LogP contribution >= 0.6 is 46.4 Å². The molecule has 0 saturated carbocycles. The van der Waals surface area contributed by atoms with Crippen molar-refractivity contribution in [2.24, 2.45) is 0 Å². The summed E-state index contributed by atoms with van der Waals surface area (Å²) in [5.41, 5.74) is 3.29. The molecule has 1 heterocycles. The Kier molecular flexibility index (Phi) is 5.79. The largest absolute Gasteiger partial charge is 0.436 e. The molecule has 0 aliphatic carbocycles. The fraction of sp³-hybridized carbons (Fsp3) is 0. The summed E-state index contributed by atoms with van der Waals surface area (Å²) in [5.74, 6) is 0.168. The molecule has 0 aliphatic heterocycles. The van der Waals surface area contributed by atoms with Crippen LogP contribution in [0, 0.1) is 3.57 Å². The van der Waals surface area contributed by atoms with Gasteiger partial charge in [-0.3, -0.25) is 10.1 Å². The van der Waals surface area contributed by atoms with Gasteiger partial charge in [-0.05, 0) is 83.3 Å². The monoisotopic (exact) mass is 533 g/mol. The number of benzene rings is 3. The van der Waals surface area contributed by atoms with E-state index in [2.05, 4.69) is 38.2 Å². The van der Waals surface area contributed by atoms with Crippen LogP contribution < -0.4 is 10.6 Å². The predicted octanol–water partition coefficient (Wildman–Crippen LogP) is 5.88. The fourth-order valence-corrected chi connectivity index (χ4v) is 3.70. The molecule has 4 rings (SSSR count). The van der Waals surface area contributed by atoms with E-state index in [0.29, 0.717) is 33.3 Å². The van der Waals surface area contributed by atoms with Crippen LogP contribution in [-0.4, -0.2) is 16.0 Å². The molecule has 4 aromatic rings. The van der Waals surface area contributed by atoms with Crippen LogP contribution in [0.5, 0.6) is 0 Å².